The minimum absolute atomic E-state index is 0.0177. The maximum absolute atomic E-state index is 12.5. The quantitative estimate of drug-likeness (QED) is 0.872. The molecule has 2 rings (SSSR count). The summed E-state index contributed by atoms with van der Waals surface area (Å²) in [6, 6.07) is 4.97. The van der Waals surface area contributed by atoms with E-state index in [0.29, 0.717) is 17.1 Å². The number of pyridine rings is 1. The highest BCUT2D eigenvalue weighted by molar-refractivity contribution is 6.32. The molecule has 0 saturated carbocycles. The molecular weight excluding hydrogens is 316 g/mol. The third-order valence-electron chi connectivity index (χ3n) is 3.61. The molecule has 1 aromatic carbocycles. The molecule has 0 atom stereocenters. The first kappa shape index (κ1) is 17.0. The zero-order valence-electron chi connectivity index (χ0n) is 12.9. The number of carboxylic acid groups (broad SMARTS) is 1. The summed E-state index contributed by atoms with van der Waals surface area (Å²) in [6.07, 6.45) is 3.97. The van der Waals surface area contributed by atoms with E-state index in [1.807, 2.05) is 26.0 Å². The Morgan fingerprint density at radius 3 is 2.52 bits per heavy atom. The second kappa shape index (κ2) is 7.24. The average molecular weight is 333 g/mol. The number of carbonyl (C=O) groups is 2. The number of rotatable bonds is 5. The molecule has 120 valence electrons. The smallest absolute Gasteiger partial charge is 0.336 e. The van der Waals surface area contributed by atoms with Gasteiger partial charge in [-0.2, -0.15) is 0 Å². The molecule has 1 aromatic heterocycles. The molecule has 0 aliphatic carbocycles. The van der Waals surface area contributed by atoms with Crippen LogP contribution in [0.4, 0.5) is 5.69 Å². The summed E-state index contributed by atoms with van der Waals surface area (Å²) in [6.45, 7) is 3.92. The van der Waals surface area contributed by atoms with Gasteiger partial charge in [0.1, 0.15) is 0 Å². The molecule has 0 radical (unpaired) electrons. The number of aromatic carboxylic acids is 1. The van der Waals surface area contributed by atoms with Crippen LogP contribution in [-0.2, 0) is 12.8 Å². The number of amides is 1. The number of nitrogens with zero attached hydrogens (tertiary/aromatic N) is 1. The van der Waals surface area contributed by atoms with Gasteiger partial charge >= 0.3 is 5.97 Å². The van der Waals surface area contributed by atoms with E-state index in [-0.39, 0.29) is 11.1 Å². The normalized spacial score (nSPS) is 10.4. The molecule has 0 aliphatic heterocycles. The highest BCUT2D eigenvalue weighted by atomic mass is 35.5. The van der Waals surface area contributed by atoms with Crippen molar-refractivity contribution in [2.45, 2.75) is 26.7 Å². The maximum atomic E-state index is 12.5. The summed E-state index contributed by atoms with van der Waals surface area (Å²) in [5.41, 5.74) is 2.35. The highest BCUT2D eigenvalue weighted by Crippen LogP contribution is 2.30. The molecule has 0 spiro atoms. The molecule has 0 bridgehead atoms. The van der Waals surface area contributed by atoms with Crippen molar-refractivity contribution in [2.24, 2.45) is 0 Å². The van der Waals surface area contributed by atoms with Gasteiger partial charge in [0.05, 0.1) is 11.1 Å². The van der Waals surface area contributed by atoms with Gasteiger partial charge in [-0.1, -0.05) is 31.5 Å². The first-order valence-electron chi connectivity index (χ1n) is 7.28. The van der Waals surface area contributed by atoms with Crippen LogP contribution in [0.2, 0.25) is 5.02 Å². The Balaban J connectivity index is 2.46. The van der Waals surface area contributed by atoms with Crippen molar-refractivity contribution in [2.75, 3.05) is 5.32 Å². The van der Waals surface area contributed by atoms with Gasteiger partial charge in [0.15, 0.2) is 0 Å². The van der Waals surface area contributed by atoms with Crippen LogP contribution in [0.25, 0.3) is 0 Å². The summed E-state index contributed by atoms with van der Waals surface area (Å²) in [5, 5.41) is 12.6. The molecule has 0 unspecified atom stereocenters. The monoisotopic (exact) mass is 332 g/mol. The van der Waals surface area contributed by atoms with Crippen LogP contribution >= 0.6 is 11.6 Å². The van der Waals surface area contributed by atoms with Crippen LogP contribution in [0.5, 0.6) is 0 Å². The van der Waals surface area contributed by atoms with Gasteiger partial charge in [0, 0.05) is 23.1 Å². The van der Waals surface area contributed by atoms with E-state index in [9.17, 15) is 14.7 Å². The van der Waals surface area contributed by atoms with Crippen molar-refractivity contribution in [3.63, 3.8) is 0 Å². The van der Waals surface area contributed by atoms with Gasteiger partial charge in [-0.05, 0) is 36.1 Å². The Morgan fingerprint density at radius 1 is 1.17 bits per heavy atom. The minimum Gasteiger partial charge on any atom is -0.478 e. The lowest BCUT2D eigenvalue weighted by Gasteiger charge is -2.16. The van der Waals surface area contributed by atoms with Crippen LogP contribution in [0.1, 0.15) is 45.7 Å². The molecule has 1 amide bonds. The zero-order chi connectivity index (χ0) is 17.0. The van der Waals surface area contributed by atoms with Crippen molar-refractivity contribution in [3.05, 3.63) is 57.9 Å². The highest BCUT2D eigenvalue weighted by Gasteiger charge is 2.19. The minimum atomic E-state index is -1.17. The maximum Gasteiger partial charge on any atom is 0.336 e. The molecule has 2 aromatic rings. The molecule has 23 heavy (non-hydrogen) atoms. The number of aromatic nitrogens is 1. The number of benzene rings is 1. The van der Waals surface area contributed by atoms with Crippen molar-refractivity contribution in [1.29, 1.82) is 0 Å². The van der Waals surface area contributed by atoms with Gasteiger partial charge in [0.2, 0.25) is 0 Å². The number of aryl methyl sites for hydroxylation is 1. The Morgan fingerprint density at radius 2 is 1.91 bits per heavy atom. The van der Waals surface area contributed by atoms with Crippen LogP contribution < -0.4 is 5.32 Å². The Labute approximate surface area is 139 Å². The molecule has 5 nitrogen and oxygen atoms in total. The Hall–Kier alpha value is -2.40. The van der Waals surface area contributed by atoms with Crippen LogP contribution in [0, 0.1) is 0 Å². The Bertz CT molecular complexity index is 759. The largest absolute Gasteiger partial charge is 0.478 e. The van der Waals surface area contributed by atoms with Crippen molar-refractivity contribution < 1.29 is 14.7 Å². The third-order valence-corrected chi connectivity index (χ3v) is 3.97. The number of hydrogen-bond donors (Lipinski definition) is 2. The number of carbonyl (C=O) groups excluding carboxylic acids is 1. The van der Waals surface area contributed by atoms with E-state index in [4.69, 9.17) is 11.6 Å². The van der Waals surface area contributed by atoms with Gasteiger partial charge in [-0.25, -0.2) is 4.79 Å². The number of halogens is 1. The van der Waals surface area contributed by atoms with Gasteiger partial charge in [0.25, 0.3) is 5.91 Å². The van der Waals surface area contributed by atoms with E-state index in [1.54, 1.807) is 0 Å². The van der Waals surface area contributed by atoms with Gasteiger partial charge in [-0.15, -0.1) is 0 Å². The fourth-order valence-electron chi connectivity index (χ4n) is 2.41. The standard InChI is InChI=1S/C17H17ClN2O3/c1-3-10-5-6-14(18)11(4-2)15(10)20-16(21)13-9-19-8-7-12(13)17(22)23/h5-9H,3-4H2,1-2H3,(H,20,21)(H,22,23). The average Bonchev–Trinajstić information content (AvgIpc) is 2.55. The van der Waals surface area contributed by atoms with Crippen molar-refractivity contribution >= 4 is 29.2 Å². The molecule has 2 N–H and O–H groups in total. The lowest BCUT2D eigenvalue weighted by molar-refractivity contribution is 0.0692. The molecule has 0 aliphatic rings. The number of nitrogens with one attached hydrogen (secondary N) is 1. The van der Waals surface area contributed by atoms with E-state index >= 15 is 0 Å². The Kier molecular flexibility index (Phi) is 5.34. The molecule has 0 saturated heterocycles. The zero-order valence-corrected chi connectivity index (χ0v) is 13.6. The van der Waals surface area contributed by atoms with Crippen LogP contribution in [0.15, 0.2) is 30.6 Å². The summed E-state index contributed by atoms with van der Waals surface area (Å²) in [7, 11) is 0. The van der Waals surface area contributed by atoms with Gasteiger partial charge < -0.3 is 10.4 Å². The second-order valence-electron chi connectivity index (χ2n) is 4.95. The van der Waals surface area contributed by atoms with Crippen molar-refractivity contribution in [1.82, 2.24) is 4.98 Å². The molecular formula is C17H17ClN2O3. The fourth-order valence-corrected chi connectivity index (χ4v) is 2.70. The molecule has 1 heterocycles. The molecule has 6 heteroatoms. The fraction of sp³-hybridized carbons (Fsp3) is 0.235. The summed E-state index contributed by atoms with van der Waals surface area (Å²) >= 11 is 6.21. The summed E-state index contributed by atoms with van der Waals surface area (Å²) < 4.78 is 0. The van der Waals surface area contributed by atoms with Crippen LogP contribution in [0.3, 0.4) is 0 Å². The predicted molar refractivity (Wildman–Crippen MR) is 89.4 cm³/mol. The number of hydrogen-bond acceptors (Lipinski definition) is 3. The topological polar surface area (TPSA) is 79.3 Å². The first-order chi connectivity index (χ1) is 11.0. The second-order valence-corrected chi connectivity index (χ2v) is 5.35. The predicted octanol–water partition coefficient (Wildman–Crippen LogP) is 3.81. The number of carboxylic acids is 1. The SMILES string of the molecule is CCc1ccc(Cl)c(CC)c1NC(=O)c1cnccc1C(=O)O. The third kappa shape index (κ3) is 3.51. The van der Waals surface area contributed by atoms with Crippen LogP contribution in [-0.4, -0.2) is 22.0 Å². The molecule has 0 fully saturated rings. The lowest BCUT2D eigenvalue weighted by atomic mass is 10.0. The number of anilines is 1. The van der Waals surface area contributed by atoms with Gasteiger partial charge in [-0.3, -0.25) is 9.78 Å². The van der Waals surface area contributed by atoms with E-state index in [2.05, 4.69) is 10.3 Å². The summed E-state index contributed by atoms with van der Waals surface area (Å²) in [5.74, 6) is -1.68. The van der Waals surface area contributed by atoms with E-state index < -0.39 is 11.9 Å². The lowest BCUT2D eigenvalue weighted by Crippen LogP contribution is -2.18. The first-order valence-corrected chi connectivity index (χ1v) is 7.66. The van der Waals surface area contributed by atoms with E-state index in [1.165, 1.54) is 18.5 Å². The van der Waals surface area contributed by atoms with E-state index in [0.717, 1.165) is 17.5 Å². The summed E-state index contributed by atoms with van der Waals surface area (Å²) in [4.78, 5) is 27.6. The van der Waals surface area contributed by atoms with Crippen molar-refractivity contribution in [3.8, 4) is 0 Å².